The maximum atomic E-state index is 9.43. The van der Waals surface area contributed by atoms with Gasteiger partial charge < -0.3 is 20.1 Å². The van der Waals surface area contributed by atoms with Gasteiger partial charge in [-0.25, -0.2) is 0 Å². The summed E-state index contributed by atoms with van der Waals surface area (Å²) in [5, 5.41) is 31.4. The van der Waals surface area contributed by atoms with Gasteiger partial charge in [0.15, 0.2) is 0 Å². The first-order valence-electron chi connectivity index (χ1n) is 4.28. The highest BCUT2D eigenvalue weighted by Crippen LogP contribution is 2.20. The molecule has 1 saturated heterocycles. The van der Waals surface area contributed by atoms with Crippen LogP contribution < -0.4 is 0 Å². The predicted octanol–water partition coefficient (Wildman–Crippen LogP) is -0.833. The molecule has 0 bridgehead atoms. The first-order chi connectivity index (χ1) is 6.57. The number of ether oxygens (including phenoxy) is 1. The van der Waals surface area contributed by atoms with Crippen molar-refractivity contribution in [1.82, 2.24) is 0 Å². The van der Waals surface area contributed by atoms with Crippen LogP contribution in [-0.4, -0.2) is 52.4 Å². The summed E-state index contributed by atoms with van der Waals surface area (Å²) in [5.74, 6) is 0. The van der Waals surface area contributed by atoms with E-state index in [-0.39, 0.29) is 6.54 Å². The summed E-state index contributed by atoms with van der Waals surface area (Å²) in [6.45, 7) is 1.51. The molecule has 1 rings (SSSR count). The van der Waals surface area contributed by atoms with Crippen molar-refractivity contribution in [3.63, 3.8) is 0 Å². The molecule has 2 unspecified atom stereocenters. The quantitative estimate of drug-likeness (QED) is 0.308. The van der Waals surface area contributed by atoms with Gasteiger partial charge in [0.1, 0.15) is 18.3 Å². The molecule has 0 aromatic heterocycles. The monoisotopic (exact) mass is 203 g/mol. The number of hydrogen-bond donors (Lipinski definition) is 3. The van der Waals surface area contributed by atoms with Crippen molar-refractivity contribution < 1.29 is 20.1 Å². The average molecular weight is 203 g/mol. The fourth-order valence-corrected chi connectivity index (χ4v) is 1.40. The van der Waals surface area contributed by atoms with E-state index in [1.807, 2.05) is 0 Å². The third-order valence-electron chi connectivity index (χ3n) is 2.28. The van der Waals surface area contributed by atoms with Gasteiger partial charge in [-0.2, -0.15) is 0 Å². The molecule has 0 aromatic rings. The molecular weight excluding hydrogens is 190 g/mol. The van der Waals surface area contributed by atoms with Crippen LogP contribution in [0.4, 0.5) is 0 Å². The summed E-state index contributed by atoms with van der Waals surface area (Å²) >= 11 is 0. The van der Waals surface area contributed by atoms with Crippen molar-refractivity contribution in [2.24, 2.45) is 5.11 Å². The fourth-order valence-electron chi connectivity index (χ4n) is 1.40. The van der Waals surface area contributed by atoms with E-state index in [2.05, 4.69) is 10.0 Å². The van der Waals surface area contributed by atoms with Crippen LogP contribution in [0.3, 0.4) is 0 Å². The number of azide groups is 1. The summed E-state index contributed by atoms with van der Waals surface area (Å²) in [6.07, 6.45) is -4.97. The molecule has 5 atom stereocenters. The van der Waals surface area contributed by atoms with Crippen molar-refractivity contribution in [2.45, 2.75) is 37.4 Å². The summed E-state index contributed by atoms with van der Waals surface area (Å²) in [5.41, 5.74) is 8.08. The van der Waals surface area contributed by atoms with Crippen molar-refractivity contribution in [1.29, 1.82) is 0 Å². The summed E-state index contributed by atoms with van der Waals surface area (Å²) in [6, 6.07) is 0. The average Bonchev–Trinajstić information content (AvgIpc) is 2.18. The summed E-state index contributed by atoms with van der Waals surface area (Å²) in [4.78, 5) is 2.52. The third-order valence-corrected chi connectivity index (χ3v) is 2.28. The number of aliphatic hydroxyl groups is 3. The Kier molecular flexibility index (Phi) is 3.68. The lowest BCUT2D eigenvalue weighted by Gasteiger charge is -2.38. The second-order valence-corrected chi connectivity index (χ2v) is 3.26. The van der Waals surface area contributed by atoms with Gasteiger partial charge in [0, 0.05) is 4.91 Å². The van der Waals surface area contributed by atoms with Gasteiger partial charge in [-0.05, 0) is 12.5 Å². The molecule has 0 aliphatic carbocycles. The molecule has 0 spiro atoms. The molecule has 3 N–H and O–H groups in total. The molecule has 1 fully saturated rings. The van der Waals surface area contributed by atoms with Crippen molar-refractivity contribution in [3.05, 3.63) is 10.4 Å². The lowest BCUT2D eigenvalue weighted by Crippen LogP contribution is -2.57. The highest BCUT2D eigenvalue weighted by atomic mass is 16.5. The standard InChI is InChI=1S/C7H13N3O4/c1-3-5(11)7(13)6(12)4(14-3)2-9-10-8/h3-7,11-13H,2H2,1H3/t3-,4?,5-,6-,7?/m0/s1. The number of hydrogen-bond acceptors (Lipinski definition) is 5. The second-order valence-electron chi connectivity index (χ2n) is 3.26. The van der Waals surface area contributed by atoms with Crippen molar-refractivity contribution >= 4 is 0 Å². The second kappa shape index (κ2) is 4.59. The zero-order valence-corrected chi connectivity index (χ0v) is 7.69. The molecule has 1 heterocycles. The topological polar surface area (TPSA) is 119 Å². The summed E-state index contributed by atoms with van der Waals surface area (Å²) < 4.78 is 5.16. The summed E-state index contributed by atoms with van der Waals surface area (Å²) in [7, 11) is 0. The van der Waals surface area contributed by atoms with E-state index in [1.165, 1.54) is 0 Å². The SMILES string of the molecule is C[C@@H]1OC(CN=[N+]=[N-])[C@H](O)C(O)[C@H]1O. The van der Waals surface area contributed by atoms with E-state index in [4.69, 9.17) is 10.3 Å². The zero-order chi connectivity index (χ0) is 10.7. The smallest absolute Gasteiger partial charge is 0.111 e. The van der Waals surface area contributed by atoms with Crippen LogP contribution in [0, 0.1) is 0 Å². The van der Waals surface area contributed by atoms with E-state index in [0.29, 0.717) is 0 Å². The fraction of sp³-hybridized carbons (Fsp3) is 1.00. The molecular formula is C7H13N3O4. The maximum absolute atomic E-state index is 9.43. The minimum absolute atomic E-state index is 0.0637. The predicted molar refractivity (Wildman–Crippen MR) is 46.4 cm³/mol. The third kappa shape index (κ3) is 2.14. The Hall–Kier alpha value is -0.850. The van der Waals surface area contributed by atoms with Crippen LogP contribution in [0.5, 0.6) is 0 Å². The molecule has 80 valence electrons. The van der Waals surface area contributed by atoms with Gasteiger partial charge in [0.25, 0.3) is 0 Å². The first-order valence-corrected chi connectivity index (χ1v) is 4.28. The Morgan fingerprint density at radius 3 is 2.50 bits per heavy atom. The Morgan fingerprint density at radius 2 is 1.93 bits per heavy atom. The van der Waals surface area contributed by atoms with Crippen LogP contribution in [0.15, 0.2) is 5.11 Å². The lowest BCUT2D eigenvalue weighted by molar-refractivity contribution is -0.213. The van der Waals surface area contributed by atoms with Gasteiger partial charge in [-0.1, -0.05) is 5.11 Å². The van der Waals surface area contributed by atoms with E-state index in [1.54, 1.807) is 6.92 Å². The van der Waals surface area contributed by atoms with Crippen LogP contribution in [0.1, 0.15) is 6.92 Å². The van der Waals surface area contributed by atoms with Crippen LogP contribution >= 0.6 is 0 Å². The molecule has 0 amide bonds. The normalized spacial score (nSPS) is 43.0. The van der Waals surface area contributed by atoms with Gasteiger partial charge >= 0.3 is 0 Å². The van der Waals surface area contributed by atoms with Crippen LogP contribution in [0.2, 0.25) is 0 Å². The van der Waals surface area contributed by atoms with Crippen LogP contribution in [0.25, 0.3) is 10.4 Å². The van der Waals surface area contributed by atoms with Crippen molar-refractivity contribution in [3.8, 4) is 0 Å². The molecule has 14 heavy (non-hydrogen) atoms. The van der Waals surface area contributed by atoms with E-state index < -0.39 is 30.5 Å². The highest BCUT2D eigenvalue weighted by Gasteiger charge is 2.41. The highest BCUT2D eigenvalue weighted by molar-refractivity contribution is 4.91. The number of rotatable bonds is 2. The molecule has 1 aliphatic heterocycles. The first kappa shape index (κ1) is 11.2. The van der Waals surface area contributed by atoms with Crippen molar-refractivity contribution in [2.75, 3.05) is 6.54 Å². The Labute approximate surface area is 80.6 Å². The molecule has 7 nitrogen and oxygen atoms in total. The minimum Gasteiger partial charge on any atom is -0.388 e. The van der Waals surface area contributed by atoms with Crippen LogP contribution in [-0.2, 0) is 4.74 Å². The van der Waals surface area contributed by atoms with Gasteiger partial charge in [-0.15, -0.1) is 0 Å². The maximum Gasteiger partial charge on any atom is 0.111 e. The van der Waals surface area contributed by atoms with Gasteiger partial charge in [0.2, 0.25) is 0 Å². The number of nitrogens with zero attached hydrogens (tertiary/aromatic N) is 3. The van der Waals surface area contributed by atoms with E-state index in [0.717, 1.165) is 0 Å². The zero-order valence-electron chi connectivity index (χ0n) is 7.69. The Balaban J connectivity index is 2.64. The molecule has 1 aliphatic rings. The molecule has 0 aromatic carbocycles. The lowest BCUT2D eigenvalue weighted by atomic mass is 9.96. The molecule has 0 radical (unpaired) electrons. The number of aliphatic hydroxyl groups excluding tert-OH is 3. The van der Waals surface area contributed by atoms with Gasteiger partial charge in [-0.3, -0.25) is 0 Å². The van der Waals surface area contributed by atoms with E-state index >= 15 is 0 Å². The molecule has 7 heteroatoms. The van der Waals surface area contributed by atoms with E-state index in [9.17, 15) is 15.3 Å². The Bertz CT molecular complexity index is 243. The largest absolute Gasteiger partial charge is 0.388 e. The van der Waals surface area contributed by atoms with Gasteiger partial charge in [0.05, 0.1) is 18.8 Å². The molecule has 0 saturated carbocycles. The minimum atomic E-state index is -1.27. The Morgan fingerprint density at radius 1 is 1.29 bits per heavy atom.